The summed E-state index contributed by atoms with van der Waals surface area (Å²) in [6.45, 7) is 0.529. The molecule has 2 rings (SSSR count). The van der Waals surface area contributed by atoms with Gasteiger partial charge in [0, 0.05) is 26.2 Å². The van der Waals surface area contributed by atoms with Gasteiger partial charge in [0.1, 0.15) is 0 Å². The Bertz CT molecular complexity index is 513. The van der Waals surface area contributed by atoms with Crippen molar-refractivity contribution in [2.75, 3.05) is 11.9 Å². The highest BCUT2D eigenvalue weighted by Crippen LogP contribution is 2.11. The molecule has 17 heavy (non-hydrogen) atoms. The largest absolute Gasteiger partial charge is 0.367 e. The van der Waals surface area contributed by atoms with Gasteiger partial charge in [-0.05, 0) is 17.7 Å². The summed E-state index contributed by atoms with van der Waals surface area (Å²) in [6.07, 6.45) is 3.58. The minimum absolute atomic E-state index is 0.0201. The molecule has 90 valence electrons. The predicted octanol–water partition coefficient (Wildman–Crippen LogP) is 1.66. The highest BCUT2D eigenvalue weighted by Gasteiger charge is 2.05. The molecular weight excluding hydrogens is 245 g/mol. The maximum Gasteiger partial charge on any atom is 0.224 e. The lowest BCUT2D eigenvalue weighted by molar-refractivity contribution is 0.616. The van der Waals surface area contributed by atoms with Gasteiger partial charge in [0.15, 0.2) is 11.6 Å². The number of nitrogens with one attached hydrogen (secondary N) is 1. The van der Waals surface area contributed by atoms with E-state index in [1.54, 1.807) is 4.68 Å². The number of aryl methyl sites for hydroxylation is 1. The van der Waals surface area contributed by atoms with Crippen molar-refractivity contribution >= 4 is 17.4 Å². The van der Waals surface area contributed by atoms with Crippen LogP contribution < -0.4 is 5.32 Å². The summed E-state index contributed by atoms with van der Waals surface area (Å²) >= 11 is 5.57. The van der Waals surface area contributed by atoms with E-state index >= 15 is 0 Å². The van der Waals surface area contributed by atoms with Crippen molar-refractivity contribution in [3.05, 3.63) is 35.3 Å². The number of hydrogen-bond acceptors (Lipinski definition) is 4. The summed E-state index contributed by atoms with van der Waals surface area (Å²) < 4.78 is 15.0. The van der Waals surface area contributed by atoms with Crippen LogP contribution in [0.3, 0.4) is 0 Å². The zero-order valence-corrected chi connectivity index (χ0v) is 9.95. The molecule has 0 unspecified atom stereocenters. The Balaban J connectivity index is 1.91. The topological polar surface area (TPSA) is 55.6 Å². The standard InChI is InChI=1S/C10H11ClFN5/c1-17-5-3-7(16-17)2-4-13-9-8(12)6-14-10(11)15-9/h3,5-6H,2,4H2,1H3,(H,13,14,15). The zero-order valence-electron chi connectivity index (χ0n) is 9.19. The maximum atomic E-state index is 13.2. The molecule has 0 aliphatic carbocycles. The van der Waals surface area contributed by atoms with Gasteiger partial charge < -0.3 is 5.32 Å². The Morgan fingerprint density at radius 2 is 2.35 bits per heavy atom. The van der Waals surface area contributed by atoms with Crippen molar-refractivity contribution in [1.82, 2.24) is 19.7 Å². The van der Waals surface area contributed by atoms with Gasteiger partial charge in [0.05, 0.1) is 11.9 Å². The molecule has 7 heteroatoms. The summed E-state index contributed by atoms with van der Waals surface area (Å²) in [7, 11) is 1.85. The Labute approximate surface area is 103 Å². The number of rotatable bonds is 4. The lowest BCUT2D eigenvalue weighted by Crippen LogP contribution is -2.09. The molecule has 1 N–H and O–H groups in total. The molecule has 0 fully saturated rings. The normalized spacial score (nSPS) is 10.5. The van der Waals surface area contributed by atoms with Gasteiger partial charge in [-0.25, -0.2) is 9.37 Å². The van der Waals surface area contributed by atoms with Crippen molar-refractivity contribution in [3.63, 3.8) is 0 Å². The van der Waals surface area contributed by atoms with Gasteiger partial charge in [-0.1, -0.05) is 0 Å². The van der Waals surface area contributed by atoms with Crippen LogP contribution in [0.25, 0.3) is 0 Å². The third-order valence-corrected chi connectivity index (χ3v) is 2.34. The first kappa shape index (κ1) is 11.8. The van der Waals surface area contributed by atoms with Gasteiger partial charge in [-0.3, -0.25) is 4.68 Å². The molecule has 0 amide bonds. The fraction of sp³-hybridized carbons (Fsp3) is 0.300. The molecule has 0 saturated heterocycles. The molecule has 2 aromatic rings. The first-order valence-electron chi connectivity index (χ1n) is 5.05. The highest BCUT2D eigenvalue weighted by molar-refractivity contribution is 6.28. The van der Waals surface area contributed by atoms with Crippen LogP contribution in [0.5, 0.6) is 0 Å². The number of anilines is 1. The molecular formula is C10H11ClFN5. The minimum Gasteiger partial charge on any atom is -0.367 e. The first-order chi connectivity index (χ1) is 8.15. The Morgan fingerprint density at radius 1 is 1.53 bits per heavy atom. The van der Waals surface area contributed by atoms with E-state index in [1.165, 1.54) is 0 Å². The van der Waals surface area contributed by atoms with Gasteiger partial charge in [0.25, 0.3) is 0 Å². The van der Waals surface area contributed by atoms with E-state index in [4.69, 9.17) is 11.6 Å². The van der Waals surface area contributed by atoms with Crippen LogP contribution in [-0.4, -0.2) is 26.3 Å². The maximum absolute atomic E-state index is 13.2. The summed E-state index contributed by atoms with van der Waals surface area (Å²) in [5.41, 5.74) is 0.931. The molecule has 0 atom stereocenters. The van der Waals surface area contributed by atoms with Crippen LogP contribution in [0.1, 0.15) is 5.69 Å². The van der Waals surface area contributed by atoms with E-state index in [2.05, 4.69) is 20.4 Å². The molecule has 0 radical (unpaired) electrons. The van der Waals surface area contributed by atoms with E-state index in [9.17, 15) is 4.39 Å². The quantitative estimate of drug-likeness (QED) is 0.845. The fourth-order valence-electron chi connectivity index (χ4n) is 1.38. The molecule has 5 nitrogen and oxygen atoms in total. The predicted molar refractivity (Wildman–Crippen MR) is 62.4 cm³/mol. The van der Waals surface area contributed by atoms with Crippen molar-refractivity contribution in [2.24, 2.45) is 7.05 Å². The smallest absolute Gasteiger partial charge is 0.224 e. The number of aromatic nitrogens is 4. The lowest BCUT2D eigenvalue weighted by Gasteiger charge is -2.04. The second kappa shape index (κ2) is 5.09. The second-order valence-electron chi connectivity index (χ2n) is 3.49. The summed E-state index contributed by atoms with van der Waals surface area (Å²) in [5, 5.41) is 7.08. The van der Waals surface area contributed by atoms with Crippen LogP contribution >= 0.6 is 11.6 Å². The Kier molecular flexibility index (Phi) is 3.53. The van der Waals surface area contributed by atoms with E-state index in [0.717, 1.165) is 11.9 Å². The van der Waals surface area contributed by atoms with Crippen molar-refractivity contribution < 1.29 is 4.39 Å². The van der Waals surface area contributed by atoms with E-state index in [0.29, 0.717) is 13.0 Å². The monoisotopic (exact) mass is 255 g/mol. The van der Waals surface area contributed by atoms with Gasteiger partial charge >= 0.3 is 0 Å². The summed E-state index contributed by atoms with van der Waals surface area (Å²) in [6, 6.07) is 1.91. The molecule has 0 saturated carbocycles. The van der Waals surface area contributed by atoms with Crippen LogP contribution in [-0.2, 0) is 13.5 Å². The fourth-order valence-corrected chi connectivity index (χ4v) is 1.51. The second-order valence-corrected chi connectivity index (χ2v) is 3.83. The summed E-state index contributed by atoms with van der Waals surface area (Å²) in [4.78, 5) is 7.28. The van der Waals surface area contributed by atoms with Crippen LogP contribution in [0.4, 0.5) is 10.2 Å². The number of hydrogen-bond donors (Lipinski definition) is 1. The SMILES string of the molecule is Cn1ccc(CCNc2nc(Cl)ncc2F)n1. The van der Waals surface area contributed by atoms with E-state index in [1.807, 2.05) is 19.3 Å². The van der Waals surface area contributed by atoms with Crippen LogP contribution in [0.15, 0.2) is 18.5 Å². The first-order valence-corrected chi connectivity index (χ1v) is 5.43. The molecule has 2 heterocycles. The van der Waals surface area contributed by atoms with Crippen LogP contribution in [0.2, 0.25) is 5.28 Å². The Hall–Kier alpha value is -1.69. The van der Waals surface area contributed by atoms with E-state index in [-0.39, 0.29) is 11.1 Å². The van der Waals surface area contributed by atoms with Gasteiger partial charge in [0.2, 0.25) is 5.28 Å². The lowest BCUT2D eigenvalue weighted by atomic mass is 10.3. The minimum atomic E-state index is -0.518. The third kappa shape index (κ3) is 3.13. The molecule has 0 aromatic carbocycles. The van der Waals surface area contributed by atoms with Crippen molar-refractivity contribution in [2.45, 2.75) is 6.42 Å². The molecule has 0 aliphatic heterocycles. The van der Waals surface area contributed by atoms with Gasteiger partial charge in [-0.2, -0.15) is 10.1 Å². The molecule has 0 bridgehead atoms. The number of halogens is 2. The third-order valence-electron chi connectivity index (χ3n) is 2.16. The highest BCUT2D eigenvalue weighted by atomic mass is 35.5. The van der Waals surface area contributed by atoms with Crippen molar-refractivity contribution in [1.29, 1.82) is 0 Å². The molecule has 0 aliphatic rings. The van der Waals surface area contributed by atoms with Gasteiger partial charge in [-0.15, -0.1) is 0 Å². The average molecular weight is 256 g/mol. The molecule has 2 aromatic heterocycles. The average Bonchev–Trinajstić information content (AvgIpc) is 2.69. The van der Waals surface area contributed by atoms with Crippen LogP contribution in [0, 0.1) is 5.82 Å². The zero-order chi connectivity index (χ0) is 12.3. The van der Waals surface area contributed by atoms with Crippen molar-refractivity contribution in [3.8, 4) is 0 Å². The summed E-state index contributed by atoms with van der Waals surface area (Å²) in [5.74, 6) is -0.406. The molecule has 0 spiro atoms. The van der Waals surface area contributed by atoms with E-state index < -0.39 is 5.82 Å². The Morgan fingerprint density at radius 3 is 3.06 bits per heavy atom. The number of nitrogens with zero attached hydrogens (tertiary/aromatic N) is 4.